The maximum absolute atomic E-state index is 14.8. The molecule has 40 heavy (non-hydrogen) atoms. The van der Waals surface area contributed by atoms with Crippen molar-refractivity contribution in [1.29, 1.82) is 5.26 Å². The van der Waals surface area contributed by atoms with E-state index in [1.54, 1.807) is 0 Å². The molecule has 0 unspecified atom stereocenters. The summed E-state index contributed by atoms with van der Waals surface area (Å²) in [7, 11) is 1.09. The number of nitrogens with zero attached hydrogens (tertiary/aromatic N) is 2. The second kappa shape index (κ2) is 10.7. The van der Waals surface area contributed by atoms with E-state index in [-0.39, 0.29) is 26.6 Å². The lowest BCUT2D eigenvalue weighted by atomic mass is 10.1. The maximum atomic E-state index is 14.8. The van der Waals surface area contributed by atoms with Crippen LogP contribution in [0.5, 0.6) is 5.75 Å². The number of hydrogen-bond acceptors (Lipinski definition) is 4. The van der Waals surface area contributed by atoms with Crippen LogP contribution in [0.2, 0.25) is 0 Å². The molecule has 206 valence electrons. The van der Waals surface area contributed by atoms with Crippen molar-refractivity contribution in [2.24, 2.45) is 0 Å². The standard InChI is InChI=1S/C28H17F7N2O2S/c1-3-15-4-5-17(21(29)10-15)14-37-22(12-19(27(30,31)32)18(13-36)26(37)38)25-9-8-24(40-25)16-6-7-23(39-2)20(11-16)28(33,34)35/h3-12H,1,14H2,2H3. The van der Waals surface area contributed by atoms with E-state index in [1.807, 2.05) is 0 Å². The summed E-state index contributed by atoms with van der Waals surface area (Å²) >= 11 is 0.823. The summed E-state index contributed by atoms with van der Waals surface area (Å²) in [5.41, 5.74) is -4.78. The lowest BCUT2D eigenvalue weighted by molar-refractivity contribution is -0.139. The van der Waals surface area contributed by atoms with Gasteiger partial charge in [-0.2, -0.15) is 31.6 Å². The average Bonchev–Trinajstić information content (AvgIpc) is 3.39. The zero-order chi connectivity index (χ0) is 29.4. The van der Waals surface area contributed by atoms with Crippen LogP contribution in [0.4, 0.5) is 30.7 Å². The number of nitriles is 1. The predicted molar refractivity (Wildman–Crippen MR) is 136 cm³/mol. The van der Waals surface area contributed by atoms with Gasteiger partial charge in [-0.3, -0.25) is 4.79 Å². The van der Waals surface area contributed by atoms with Gasteiger partial charge in [0.1, 0.15) is 23.2 Å². The van der Waals surface area contributed by atoms with Crippen LogP contribution in [-0.4, -0.2) is 11.7 Å². The lowest BCUT2D eigenvalue weighted by Crippen LogP contribution is -2.28. The molecule has 2 aromatic heterocycles. The Bertz CT molecular complexity index is 1710. The summed E-state index contributed by atoms with van der Waals surface area (Å²) in [5.74, 6) is -1.16. The highest BCUT2D eigenvalue weighted by atomic mass is 32.1. The largest absolute Gasteiger partial charge is 0.496 e. The Morgan fingerprint density at radius 1 is 0.975 bits per heavy atom. The smallest absolute Gasteiger partial charge is 0.419 e. The van der Waals surface area contributed by atoms with Crippen LogP contribution in [0.15, 0.2) is 66.0 Å². The molecule has 2 aromatic carbocycles. The number of methoxy groups -OCH3 is 1. The third-order valence-electron chi connectivity index (χ3n) is 6.01. The van der Waals surface area contributed by atoms with Crippen molar-refractivity contribution in [1.82, 2.24) is 4.57 Å². The number of rotatable bonds is 6. The zero-order valence-electron chi connectivity index (χ0n) is 20.5. The first-order valence-corrected chi connectivity index (χ1v) is 12.1. The summed E-state index contributed by atoms with van der Waals surface area (Å²) in [4.78, 5) is 13.5. The van der Waals surface area contributed by atoms with E-state index in [2.05, 4.69) is 6.58 Å². The molecule has 0 aliphatic heterocycles. The van der Waals surface area contributed by atoms with E-state index < -0.39 is 52.7 Å². The Morgan fingerprint density at radius 2 is 1.65 bits per heavy atom. The molecule has 4 nitrogen and oxygen atoms in total. The van der Waals surface area contributed by atoms with Gasteiger partial charge in [-0.1, -0.05) is 24.8 Å². The highest BCUT2D eigenvalue weighted by Crippen LogP contribution is 2.42. The van der Waals surface area contributed by atoms with Crippen molar-refractivity contribution in [3.63, 3.8) is 0 Å². The first-order valence-electron chi connectivity index (χ1n) is 11.3. The first-order chi connectivity index (χ1) is 18.8. The van der Waals surface area contributed by atoms with Crippen LogP contribution < -0.4 is 10.3 Å². The fourth-order valence-corrected chi connectivity index (χ4v) is 5.07. The van der Waals surface area contributed by atoms with Crippen molar-refractivity contribution in [3.8, 4) is 32.8 Å². The van der Waals surface area contributed by atoms with Crippen molar-refractivity contribution in [3.05, 3.63) is 105 Å². The molecular formula is C28H17F7N2O2S. The Hall–Kier alpha value is -4.37. The van der Waals surface area contributed by atoms with E-state index in [0.717, 1.165) is 41.2 Å². The fourth-order valence-electron chi connectivity index (χ4n) is 4.04. The van der Waals surface area contributed by atoms with Gasteiger partial charge in [0.25, 0.3) is 5.56 Å². The molecule has 0 atom stereocenters. The topological polar surface area (TPSA) is 55.0 Å². The van der Waals surface area contributed by atoms with Crippen LogP contribution in [0.1, 0.15) is 27.8 Å². The molecule has 0 spiro atoms. The molecule has 0 saturated carbocycles. The van der Waals surface area contributed by atoms with Gasteiger partial charge in [0.05, 0.1) is 35.4 Å². The first kappa shape index (κ1) is 28.6. The quantitative estimate of drug-likeness (QED) is 0.218. The molecule has 0 N–H and O–H groups in total. The highest BCUT2D eigenvalue weighted by Gasteiger charge is 2.37. The molecule has 4 aromatic rings. The van der Waals surface area contributed by atoms with Gasteiger partial charge < -0.3 is 9.30 Å². The van der Waals surface area contributed by atoms with Crippen LogP contribution in [0.25, 0.3) is 27.1 Å². The molecular weight excluding hydrogens is 561 g/mol. The fraction of sp³-hybridized carbons (Fsp3) is 0.143. The summed E-state index contributed by atoms with van der Waals surface area (Å²) < 4.78 is 102. The normalized spacial score (nSPS) is 11.8. The van der Waals surface area contributed by atoms with Crippen LogP contribution >= 0.6 is 11.3 Å². The number of aromatic nitrogens is 1. The Morgan fingerprint density at radius 3 is 2.23 bits per heavy atom. The summed E-state index contributed by atoms with van der Waals surface area (Å²) in [6.45, 7) is 3.02. The Labute approximate surface area is 226 Å². The molecule has 0 amide bonds. The number of hydrogen-bond donors (Lipinski definition) is 0. The minimum absolute atomic E-state index is 0.0423. The molecule has 0 aliphatic carbocycles. The number of halogens is 7. The SMILES string of the molecule is C=Cc1ccc(Cn2c(-c3ccc(-c4ccc(OC)c(C(F)(F)F)c4)s3)cc(C(F)(F)F)c(C#N)c2=O)c(F)c1. The number of thiophene rings is 1. The van der Waals surface area contributed by atoms with E-state index in [1.165, 1.54) is 42.5 Å². The minimum atomic E-state index is -5.06. The molecule has 0 aliphatic rings. The van der Waals surface area contributed by atoms with Crippen molar-refractivity contribution >= 4 is 17.4 Å². The number of alkyl halides is 6. The summed E-state index contributed by atoms with van der Waals surface area (Å²) in [6, 6.07) is 11.9. The van der Waals surface area contributed by atoms with E-state index in [4.69, 9.17) is 4.74 Å². The Balaban J connectivity index is 1.92. The van der Waals surface area contributed by atoms with Crippen molar-refractivity contribution in [2.75, 3.05) is 7.11 Å². The van der Waals surface area contributed by atoms with Gasteiger partial charge in [0.15, 0.2) is 0 Å². The second-order valence-corrected chi connectivity index (χ2v) is 9.53. The average molecular weight is 579 g/mol. The van der Waals surface area contributed by atoms with Gasteiger partial charge in [-0.25, -0.2) is 4.39 Å². The molecule has 0 fully saturated rings. The summed E-state index contributed by atoms with van der Waals surface area (Å²) in [5, 5.41) is 9.38. The third kappa shape index (κ3) is 5.51. The van der Waals surface area contributed by atoms with Gasteiger partial charge >= 0.3 is 12.4 Å². The maximum Gasteiger partial charge on any atom is 0.419 e. The van der Waals surface area contributed by atoms with Crippen LogP contribution in [-0.2, 0) is 18.9 Å². The van der Waals surface area contributed by atoms with Crippen LogP contribution in [0.3, 0.4) is 0 Å². The molecule has 0 saturated heterocycles. The number of ether oxygens (including phenoxy) is 1. The van der Waals surface area contributed by atoms with Crippen molar-refractivity contribution in [2.45, 2.75) is 18.9 Å². The Kier molecular flexibility index (Phi) is 7.63. The van der Waals surface area contributed by atoms with Gasteiger partial charge in [0, 0.05) is 10.4 Å². The van der Waals surface area contributed by atoms with Gasteiger partial charge in [-0.15, -0.1) is 11.3 Å². The predicted octanol–water partition coefficient (Wildman–Crippen LogP) is 7.99. The molecule has 2 heterocycles. The second-order valence-electron chi connectivity index (χ2n) is 8.45. The highest BCUT2D eigenvalue weighted by molar-refractivity contribution is 7.18. The third-order valence-corrected chi connectivity index (χ3v) is 7.16. The zero-order valence-corrected chi connectivity index (χ0v) is 21.3. The monoisotopic (exact) mass is 578 g/mol. The van der Waals surface area contributed by atoms with E-state index in [0.29, 0.717) is 11.6 Å². The summed E-state index contributed by atoms with van der Waals surface area (Å²) in [6.07, 6.45) is -8.42. The number of benzene rings is 2. The molecule has 0 bridgehead atoms. The lowest BCUT2D eigenvalue weighted by Gasteiger charge is -2.17. The molecule has 12 heteroatoms. The molecule has 4 rings (SSSR count). The van der Waals surface area contributed by atoms with E-state index >= 15 is 0 Å². The molecule has 0 radical (unpaired) electrons. The van der Waals surface area contributed by atoms with Gasteiger partial charge in [-0.05, 0) is 53.6 Å². The van der Waals surface area contributed by atoms with Crippen LogP contribution in [0, 0.1) is 17.1 Å². The van der Waals surface area contributed by atoms with Crippen molar-refractivity contribution < 1.29 is 35.5 Å². The number of pyridine rings is 1. The minimum Gasteiger partial charge on any atom is -0.496 e. The van der Waals surface area contributed by atoms with Gasteiger partial charge in [0.2, 0.25) is 0 Å². The van der Waals surface area contributed by atoms with E-state index in [9.17, 15) is 40.8 Å².